The van der Waals surface area contributed by atoms with E-state index in [9.17, 15) is 22.8 Å². The quantitative estimate of drug-likeness (QED) is 0.785. The van der Waals surface area contributed by atoms with Crippen molar-refractivity contribution in [3.05, 3.63) is 11.8 Å². The predicted octanol–water partition coefficient (Wildman–Crippen LogP) is 3.81. The third-order valence-electron chi connectivity index (χ3n) is 6.58. The number of Topliss-reactive ketones (excluding diaryl/α,β-unsaturated/α-hetero) is 1. The highest BCUT2D eigenvalue weighted by atomic mass is 19.4. The van der Waals surface area contributed by atoms with Crippen LogP contribution in [0.1, 0.15) is 58.8 Å². The lowest BCUT2D eigenvalue weighted by Crippen LogP contribution is -2.42. The number of hydrogen-bond acceptors (Lipinski definition) is 3. The normalized spacial score (nSPS) is 34.0. The second kappa shape index (κ2) is 6.82. The number of hydrogen-bond donors (Lipinski definition) is 1. The summed E-state index contributed by atoms with van der Waals surface area (Å²) in [6, 6.07) is 0. The smallest absolute Gasteiger partial charge is 0.391 e. The third kappa shape index (κ3) is 4.16. The van der Waals surface area contributed by atoms with E-state index in [1.807, 2.05) is 19.9 Å². The Bertz CT molecular complexity index is 656. The van der Waals surface area contributed by atoms with Crippen LogP contribution in [-0.2, 0) is 9.59 Å². The average molecular weight is 386 g/mol. The van der Waals surface area contributed by atoms with Crippen molar-refractivity contribution in [2.75, 3.05) is 13.1 Å². The highest BCUT2D eigenvalue weighted by Crippen LogP contribution is 2.47. The minimum absolute atomic E-state index is 0.0571. The molecule has 0 radical (unpaired) electrons. The minimum atomic E-state index is -4.16. The third-order valence-corrected chi connectivity index (χ3v) is 6.58. The Balaban J connectivity index is 1.62. The molecule has 2 unspecified atom stereocenters. The second-order valence-electron chi connectivity index (χ2n) is 9.39. The molecule has 152 valence electrons. The van der Waals surface area contributed by atoms with E-state index in [4.69, 9.17) is 5.73 Å². The number of alkyl halides is 3. The first kappa shape index (κ1) is 20.2. The number of nitrogens with two attached hydrogens (primary N) is 1. The van der Waals surface area contributed by atoms with Crippen molar-refractivity contribution in [1.29, 1.82) is 0 Å². The molecule has 1 amide bonds. The molecule has 3 atom stereocenters. The zero-order valence-corrected chi connectivity index (χ0v) is 16.1. The van der Waals surface area contributed by atoms with Gasteiger partial charge in [-0.3, -0.25) is 9.59 Å². The zero-order valence-electron chi connectivity index (χ0n) is 16.1. The average Bonchev–Trinajstić information content (AvgIpc) is 2.95. The summed E-state index contributed by atoms with van der Waals surface area (Å²) in [5.74, 6) is -1.60. The molecular weight excluding hydrogens is 357 g/mol. The lowest BCUT2D eigenvalue weighted by molar-refractivity contribution is -0.186. The maximum absolute atomic E-state index is 13.0. The highest BCUT2D eigenvalue weighted by molar-refractivity contribution is 5.99. The van der Waals surface area contributed by atoms with Crippen LogP contribution in [0.15, 0.2) is 11.8 Å². The van der Waals surface area contributed by atoms with Gasteiger partial charge in [-0.25, -0.2) is 0 Å². The number of allylic oxidation sites excluding steroid dienone is 1. The Morgan fingerprint density at radius 3 is 2.67 bits per heavy atom. The van der Waals surface area contributed by atoms with E-state index in [-0.39, 0.29) is 48.0 Å². The fourth-order valence-electron chi connectivity index (χ4n) is 5.32. The molecule has 2 aliphatic carbocycles. The molecule has 7 heteroatoms. The predicted molar refractivity (Wildman–Crippen MR) is 95.4 cm³/mol. The van der Waals surface area contributed by atoms with Crippen LogP contribution < -0.4 is 5.73 Å². The Morgan fingerprint density at radius 2 is 2.04 bits per heavy atom. The fraction of sp³-hybridized carbons (Fsp3) is 0.800. The molecule has 1 aliphatic heterocycles. The zero-order chi connectivity index (χ0) is 20.0. The monoisotopic (exact) mass is 386 g/mol. The van der Waals surface area contributed by atoms with Crippen molar-refractivity contribution in [3.8, 4) is 0 Å². The topological polar surface area (TPSA) is 63.4 Å². The summed E-state index contributed by atoms with van der Waals surface area (Å²) in [7, 11) is 0. The molecule has 1 spiro atoms. The molecule has 4 nitrogen and oxygen atoms in total. The van der Waals surface area contributed by atoms with E-state index in [0.717, 1.165) is 6.42 Å². The Hall–Kier alpha value is -1.53. The van der Waals surface area contributed by atoms with E-state index in [1.54, 1.807) is 4.90 Å². The standard InChI is InChI=1S/C20H29F3N2O2/c1-18(2)11-19(10-15(24)17(18)27)6-7-25(12-19)16(26)9-13-4-3-5-14(8-13)20(21,22)23/h10,13-14H,3-9,11-12,24H2,1-2H3/t13?,14?,19-/m1/s1. The molecule has 3 aliphatic rings. The maximum Gasteiger partial charge on any atom is 0.391 e. The number of halogens is 3. The maximum atomic E-state index is 13.0. The van der Waals surface area contributed by atoms with Crippen molar-refractivity contribution in [1.82, 2.24) is 4.90 Å². The molecule has 0 aromatic rings. The van der Waals surface area contributed by atoms with Crippen LogP contribution in [0.2, 0.25) is 0 Å². The summed E-state index contributed by atoms with van der Waals surface area (Å²) < 4.78 is 39.0. The van der Waals surface area contributed by atoms with Gasteiger partial charge in [-0.1, -0.05) is 20.3 Å². The molecular formula is C20H29F3N2O2. The van der Waals surface area contributed by atoms with Gasteiger partial charge in [0, 0.05) is 30.3 Å². The molecule has 27 heavy (non-hydrogen) atoms. The van der Waals surface area contributed by atoms with Gasteiger partial charge in [-0.2, -0.15) is 13.2 Å². The summed E-state index contributed by atoms with van der Waals surface area (Å²) >= 11 is 0. The van der Waals surface area contributed by atoms with E-state index in [1.165, 1.54) is 0 Å². The van der Waals surface area contributed by atoms with Crippen LogP contribution >= 0.6 is 0 Å². The van der Waals surface area contributed by atoms with Crippen molar-refractivity contribution >= 4 is 11.7 Å². The lowest BCUT2D eigenvalue weighted by Gasteiger charge is -2.39. The van der Waals surface area contributed by atoms with Gasteiger partial charge >= 0.3 is 6.18 Å². The van der Waals surface area contributed by atoms with Gasteiger partial charge in [-0.05, 0) is 44.1 Å². The number of likely N-dealkylation sites (tertiary alicyclic amines) is 1. The number of carbonyl (C=O) groups is 2. The molecule has 2 N–H and O–H groups in total. The molecule has 2 fully saturated rings. The summed E-state index contributed by atoms with van der Waals surface area (Å²) in [6.07, 6.45) is 0.666. The number of rotatable bonds is 2. The summed E-state index contributed by atoms with van der Waals surface area (Å²) in [6.45, 7) is 4.82. The molecule has 0 bridgehead atoms. The van der Waals surface area contributed by atoms with Crippen LogP contribution in [0, 0.1) is 22.7 Å². The first-order chi connectivity index (χ1) is 12.4. The number of nitrogens with zero attached hydrogens (tertiary/aromatic N) is 1. The van der Waals surface area contributed by atoms with Crippen molar-refractivity contribution in [2.24, 2.45) is 28.4 Å². The van der Waals surface area contributed by atoms with Crippen LogP contribution in [0.25, 0.3) is 0 Å². The van der Waals surface area contributed by atoms with E-state index in [2.05, 4.69) is 0 Å². The molecule has 0 aromatic carbocycles. The SMILES string of the molecule is CC1(C)C[C@]2(C=C(N)C1=O)CCN(C(=O)CC1CCCC(C(F)(F)F)C1)C2. The summed E-state index contributed by atoms with van der Waals surface area (Å²) in [5.41, 5.74) is 5.35. The minimum Gasteiger partial charge on any atom is -0.396 e. The van der Waals surface area contributed by atoms with Gasteiger partial charge in [0.1, 0.15) is 0 Å². The van der Waals surface area contributed by atoms with Gasteiger partial charge in [0.05, 0.1) is 11.6 Å². The first-order valence-electron chi connectivity index (χ1n) is 9.79. The molecule has 1 saturated heterocycles. The van der Waals surface area contributed by atoms with Crippen LogP contribution in [-0.4, -0.2) is 35.9 Å². The molecule has 0 aromatic heterocycles. The van der Waals surface area contributed by atoms with Crippen molar-refractivity contribution in [2.45, 2.75) is 65.0 Å². The number of carbonyl (C=O) groups excluding carboxylic acids is 2. The number of amides is 1. The Labute approximate surface area is 158 Å². The van der Waals surface area contributed by atoms with E-state index >= 15 is 0 Å². The summed E-state index contributed by atoms with van der Waals surface area (Å²) in [4.78, 5) is 26.7. The number of ketones is 1. The fourth-order valence-corrected chi connectivity index (χ4v) is 5.32. The van der Waals surface area contributed by atoms with Crippen molar-refractivity contribution in [3.63, 3.8) is 0 Å². The van der Waals surface area contributed by atoms with Gasteiger partial charge in [-0.15, -0.1) is 0 Å². The Kier molecular flexibility index (Phi) is 5.10. The van der Waals surface area contributed by atoms with Gasteiger partial charge < -0.3 is 10.6 Å². The molecule has 3 rings (SSSR count). The first-order valence-corrected chi connectivity index (χ1v) is 9.79. The molecule has 1 saturated carbocycles. The van der Waals surface area contributed by atoms with Crippen LogP contribution in [0.3, 0.4) is 0 Å². The van der Waals surface area contributed by atoms with Gasteiger partial charge in [0.25, 0.3) is 0 Å². The largest absolute Gasteiger partial charge is 0.396 e. The Morgan fingerprint density at radius 1 is 1.33 bits per heavy atom. The van der Waals surface area contributed by atoms with Crippen LogP contribution in [0.5, 0.6) is 0 Å². The van der Waals surface area contributed by atoms with Gasteiger partial charge in [0.2, 0.25) is 5.91 Å². The molecule has 1 heterocycles. The van der Waals surface area contributed by atoms with Gasteiger partial charge in [0.15, 0.2) is 5.78 Å². The van der Waals surface area contributed by atoms with Crippen LogP contribution in [0.4, 0.5) is 13.2 Å². The lowest BCUT2D eigenvalue weighted by atomic mass is 9.65. The summed E-state index contributed by atoms with van der Waals surface area (Å²) in [5, 5.41) is 0. The van der Waals surface area contributed by atoms with E-state index in [0.29, 0.717) is 32.4 Å². The van der Waals surface area contributed by atoms with Crippen molar-refractivity contribution < 1.29 is 22.8 Å². The second-order valence-corrected chi connectivity index (χ2v) is 9.39. The highest BCUT2D eigenvalue weighted by Gasteiger charge is 2.48. The van der Waals surface area contributed by atoms with E-state index < -0.39 is 17.5 Å².